The first-order valence-electron chi connectivity index (χ1n) is 5.12. The zero-order valence-corrected chi connectivity index (χ0v) is 10.0. The number of carbonyl (C=O) groups excluding carboxylic acids is 1. The van der Waals surface area contributed by atoms with Crippen molar-refractivity contribution in [2.75, 3.05) is 5.73 Å². The number of nitrogens with zero attached hydrogens (tertiary/aromatic N) is 1. The highest BCUT2D eigenvalue weighted by Crippen LogP contribution is 2.21. The van der Waals surface area contributed by atoms with Crippen molar-refractivity contribution >= 4 is 23.3 Å². The number of amides is 1. The lowest BCUT2D eigenvalue weighted by molar-refractivity contribution is 0.0948. The van der Waals surface area contributed by atoms with Gasteiger partial charge in [-0.25, -0.2) is 0 Å². The Morgan fingerprint density at radius 1 is 1.56 bits per heavy atom. The molecule has 18 heavy (non-hydrogen) atoms. The summed E-state index contributed by atoms with van der Waals surface area (Å²) in [4.78, 5) is 11.8. The SMILES string of the molecule is Nc1[nH]ncc1CNC(=O)c1ccc(Cl)cc1O. The Morgan fingerprint density at radius 2 is 2.33 bits per heavy atom. The zero-order chi connectivity index (χ0) is 13.1. The number of aromatic nitrogens is 2. The minimum absolute atomic E-state index is 0.154. The van der Waals surface area contributed by atoms with Gasteiger partial charge in [0.25, 0.3) is 5.91 Å². The van der Waals surface area contributed by atoms with Gasteiger partial charge >= 0.3 is 0 Å². The number of hydrogen-bond acceptors (Lipinski definition) is 4. The fourth-order valence-electron chi connectivity index (χ4n) is 1.43. The number of anilines is 1. The van der Waals surface area contributed by atoms with Gasteiger partial charge < -0.3 is 16.2 Å². The summed E-state index contributed by atoms with van der Waals surface area (Å²) in [6, 6.07) is 4.29. The Balaban J connectivity index is 2.06. The lowest BCUT2D eigenvalue weighted by Crippen LogP contribution is -2.23. The molecule has 2 rings (SSSR count). The topological polar surface area (TPSA) is 104 Å². The van der Waals surface area contributed by atoms with Crippen molar-refractivity contribution in [2.45, 2.75) is 6.54 Å². The maximum absolute atomic E-state index is 11.8. The molecule has 0 saturated carbocycles. The summed E-state index contributed by atoms with van der Waals surface area (Å²) in [5, 5.41) is 18.9. The predicted molar refractivity (Wildman–Crippen MR) is 67.3 cm³/mol. The van der Waals surface area contributed by atoms with Gasteiger partial charge in [-0.15, -0.1) is 0 Å². The van der Waals surface area contributed by atoms with Crippen LogP contribution >= 0.6 is 11.6 Å². The monoisotopic (exact) mass is 266 g/mol. The van der Waals surface area contributed by atoms with Gasteiger partial charge in [-0.3, -0.25) is 9.89 Å². The van der Waals surface area contributed by atoms with E-state index in [0.717, 1.165) is 0 Å². The first kappa shape index (κ1) is 12.3. The number of aromatic amines is 1. The maximum atomic E-state index is 11.8. The van der Waals surface area contributed by atoms with Crippen molar-refractivity contribution in [1.82, 2.24) is 15.5 Å². The molecule has 0 aliphatic carbocycles. The number of carbonyl (C=O) groups is 1. The maximum Gasteiger partial charge on any atom is 0.255 e. The molecule has 6 nitrogen and oxygen atoms in total. The highest BCUT2D eigenvalue weighted by atomic mass is 35.5. The molecule has 0 spiro atoms. The van der Waals surface area contributed by atoms with Crippen LogP contribution in [0.5, 0.6) is 5.75 Å². The lowest BCUT2D eigenvalue weighted by atomic mass is 10.2. The molecular weight excluding hydrogens is 256 g/mol. The molecule has 1 aromatic carbocycles. The molecule has 0 unspecified atom stereocenters. The van der Waals surface area contributed by atoms with E-state index >= 15 is 0 Å². The molecular formula is C11H11ClN4O2. The molecule has 0 saturated heterocycles. The molecule has 0 radical (unpaired) electrons. The van der Waals surface area contributed by atoms with Gasteiger partial charge in [0.2, 0.25) is 0 Å². The fourth-order valence-corrected chi connectivity index (χ4v) is 1.60. The molecule has 1 heterocycles. The first-order valence-corrected chi connectivity index (χ1v) is 5.50. The third-order valence-corrected chi connectivity index (χ3v) is 2.63. The number of nitrogen functional groups attached to an aromatic ring is 1. The normalized spacial score (nSPS) is 10.3. The number of rotatable bonds is 3. The van der Waals surface area contributed by atoms with E-state index in [9.17, 15) is 9.90 Å². The number of halogens is 1. The molecule has 1 amide bonds. The molecule has 94 valence electrons. The van der Waals surface area contributed by atoms with E-state index in [0.29, 0.717) is 16.4 Å². The number of H-pyrrole nitrogens is 1. The minimum Gasteiger partial charge on any atom is -0.507 e. The van der Waals surface area contributed by atoms with Crippen molar-refractivity contribution in [1.29, 1.82) is 0 Å². The Morgan fingerprint density at radius 3 is 2.94 bits per heavy atom. The van der Waals surface area contributed by atoms with Crippen LogP contribution in [0.3, 0.4) is 0 Å². The second kappa shape index (κ2) is 4.97. The zero-order valence-electron chi connectivity index (χ0n) is 9.27. The Bertz CT molecular complexity index is 582. The number of phenols is 1. The van der Waals surface area contributed by atoms with E-state index < -0.39 is 5.91 Å². The van der Waals surface area contributed by atoms with Crippen LogP contribution in [0.2, 0.25) is 5.02 Å². The lowest BCUT2D eigenvalue weighted by Gasteiger charge is -2.06. The van der Waals surface area contributed by atoms with Crippen LogP contribution in [0.25, 0.3) is 0 Å². The fraction of sp³-hybridized carbons (Fsp3) is 0.0909. The Labute approximate surface area is 108 Å². The molecule has 0 aliphatic rings. The van der Waals surface area contributed by atoms with E-state index in [2.05, 4.69) is 15.5 Å². The second-order valence-corrected chi connectivity index (χ2v) is 4.09. The second-order valence-electron chi connectivity index (χ2n) is 3.65. The third kappa shape index (κ3) is 2.54. The third-order valence-electron chi connectivity index (χ3n) is 2.40. The Kier molecular flexibility index (Phi) is 3.38. The van der Waals surface area contributed by atoms with Crippen molar-refractivity contribution < 1.29 is 9.90 Å². The van der Waals surface area contributed by atoms with Gasteiger partial charge in [0.1, 0.15) is 11.6 Å². The molecule has 0 bridgehead atoms. The molecule has 0 fully saturated rings. The van der Waals surface area contributed by atoms with Crippen LogP contribution in [0, 0.1) is 0 Å². The highest BCUT2D eigenvalue weighted by Gasteiger charge is 2.11. The van der Waals surface area contributed by atoms with Gasteiger partial charge in [0.15, 0.2) is 0 Å². The number of nitrogens with one attached hydrogen (secondary N) is 2. The molecule has 0 atom stereocenters. The average molecular weight is 267 g/mol. The van der Waals surface area contributed by atoms with Crippen molar-refractivity contribution in [3.63, 3.8) is 0 Å². The summed E-state index contributed by atoms with van der Waals surface area (Å²) < 4.78 is 0. The van der Waals surface area contributed by atoms with Crippen LogP contribution in [-0.4, -0.2) is 21.2 Å². The Hall–Kier alpha value is -2.21. The number of nitrogens with two attached hydrogens (primary N) is 1. The number of aromatic hydroxyl groups is 1. The molecule has 5 N–H and O–H groups in total. The molecule has 0 aliphatic heterocycles. The summed E-state index contributed by atoms with van der Waals surface area (Å²) in [5.74, 6) is -0.180. The van der Waals surface area contributed by atoms with Gasteiger partial charge in [0, 0.05) is 17.1 Å². The van der Waals surface area contributed by atoms with Crippen LogP contribution in [0.15, 0.2) is 24.4 Å². The summed E-state index contributed by atoms with van der Waals surface area (Å²) in [5.41, 5.74) is 6.41. The number of hydrogen-bond donors (Lipinski definition) is 4. The number of phenolic OH excluding ortho intramolecular Hbond substituents is 1. The minimum atomic E-state index is -0.412. The predicted octanol–water partition coefficient (Wildman–Crippen LogP) is 1.28. The average Bonchev–Trinajstić information content (AvgIpc) is 2.72. The van der Waals surface area contributed by atoms with E-state index in [1.807, 2.05) is 0 Å². The van der Waals surface area contributed by atoms with Gasteiger partial charge in [-0.2, -0.15) is 5.10 Å². The van der Waals surface area contributed by atoms with Crippen molar-refractivity contribution in [2.24, 2.45) is 0 Å². The summed E-state index contributed by atoms with van der Waals surface area (Å²) in [6.07, 6.45) is 1.53. The summed E-state index contributed by atoms with van der Waals surface area (Å²) >= 11 is 5.68. The van der Waals surface area contributed by atoms with Gasteiger partial charge in [-0.1, -0.05) is 11.6 Å². The van der Waals surface area contributed by atoms with Gasteiger partial charge in [-0.05, 0) is 18.2 Å². The van der Waals surface area contributed by atoms with Crippen LogP contribution < -0.4 is 11.1 Å². The van der Waals surface area contributed by atoms with Gasteiger partial charge in [0.05, 0.1) is 11.8 Å². The summed E-state index contributed by atoms with van der Waals surface area (Å²) in [7, 11) is 0. The smallest absolute Gasteiger partial charge is 0.255 e. The largest absolute Gasteiger partial charge is 0.507 e. The van der Waals surface area contributed by atoms with E-state index in [1.165, 1.54) is 24.4 Å². The molecule has 1 aromatic heterocycles. The first-order chi connectivity index (χ1) is 8.58. The van der Waals surface area contributed by atoms with E-state index in [4.69, 9.17) is 17.3 Å². The standard InChI is InChI=1S/C11H11ClN4O2/c12-7-1-2-8(9(17)3-7)11(18)14-4-6-5-15-16-10(6)13/h1-3,5,17H,4H2,(H,14,18)(H3,13,15,16). The van der Waals surface area contributed by atoms with Crippen LogP contribution in [0.4, 0.5) is 5.82 Å². The quantitative estimate of drug-likeness (QED) is 0.672. The van der Waals surface area contributed by atoms with Crippen molar-refractivity contribution in [3.05, 3.63) is 40.5 Å². The van der Waals surface area contributed by atoms with E-state index in [-0.39, 0.29) is 17.9 Å². The molecule has 2 aromatic rings. The van der Waals surface area contributed by atoms with Crippen LogP contribution in [-0.2, 0) is 6.54 Å². The highest BCUT2D eigenvalue weighted by molar-refractivity contribution is 6.30. The summed E-state index contributed by atoms with van der Waals surface area (Å²) in [6.45, 7) is 0.225. The van der Waals surface area contributed by atoms with Crippen LogP contribution in [0.1, 0.15) is 15.9 Å². The van der Waals surface area contributed by atoms with Crippen molar-refractivity contribution in [3.8, 4) is 5.75 Å². The molecule has 7 heteroatoms. The number of benzene rings is 1. The van der Waals surface area contributed by atoms with E-state index in [1.54, 1.807) is 0 Å².